The number of amides is 1. The second kappa shape index (κ2) is 7.21. The summed E-state index contributed by atoms with van der Waals surface area (Å²) >= 11 is 5.59. The van der Waals surface area contributed by atoms with Gasteiger partial charge in [-0.3, -0.25) is 4.79 Å². The number of nitrogens with one attached hydrogen (secondary N) is 2. The number of hydrogen-bond acceptors (Lipinski definition) is 3. The molecule has 1 aromatic rings. The summed E-state index contributed by atoms with van der Waals surface area (Å²) in [6.45, 7) is 1.18. The molecule has 4 nitrogen and oxygen atoms in total. The van der Waals surface area contributed by atoms with E-state index in [2.05, 4.69) is 10.6 Å². The zero-order chi connectivity index (χ0) is 12.7. The molecule has 0 saturated carbocycles. The van der Waals surface area contributed by atoms with Gasteiger partial charge in [-0.1, -0.05) is 11.6 Å². The van der Waals surface area contributed by atoms with Crippen LogP contribution in [0.5, 0.6) is 0 Å². The van der Waals surface area contributed by atoms with Crippen molar-refractivity contribution in [2.45, 2.75) is 0 Å². The van der Waals surface area contributed by atoms with Gasteiger partial charge in [0.2, 0.25) is 5.91 Å². The van der Waals surface area contributed by atoms with Gasteiger partial charge >= 0.3 is 0 Å². The average molecular weight is 261 g/mol. The average Bonchev–Trinajstić information content (AvgIpc) is 2.28. The summed E-state index contributed by atoms with van der Waals surface area (Å²) in [4.78, 5) is 11.4. The van der Waals surface area contributed by atoms with Gasteiger partial charge in [0, 0.05) is 18.7 Å². The first kappa shape index (κ1) is 13.9. The van der Waals surface area contributed by atoms with Gasteiger partial charge in [-0.25, -0.2) is 4.39 Å². The van der Waals surface area contributed by atoms with E-state index in [1.165, 1.54) is 12.1 Å². The lowest BCUT2D eigenvalue weighted by Gasteiger charge is -2.07. The number of carbonyl (C=O) groups excluding carboxylic acids is 1. The summed E-state index contributed by atoms with van der Waals surface area (Å²) in [5, 5.41) is 5.58. The summed E-state index contributed by atoms with van der Waals surface area (Å²) < 4.78 is 18.1. The highest BCUT2D eigenvalue weighted by Crippen LogP contribution is 2.18. The predicted octanol–water partition coefficient (Wildman–Crippen LogP) is 1.65. The molecular weight excluding hydrogens is 247 g/mol. The molecule has 0 radical (unpaired) electrons. The maximum absolute atomic E-state index is 13.3. The zero-order valence-electron chi connectivity index (χ0n) is 9.43. The van der Waals surface area contributed by atoms with Crippen molar-refractivity contribution >= 4 is 23.2 Å². The molecule has 0 bridgehead atoms. The Balaban J connectivity index is 2.40. The number of anilines is 1. The SMILES string of the molecule is COCCNCC(=O)Nc1ccc(Cl)cc1F. The minimum Gasteiger partial charge on any atom is -0.383 e. The number of methoxy groups -OCH3 is 1. The van der Waals surface area contributed by atoms with E-state index < -0.39 is 5.82 Å². The Morgan fingerprint density at radius 1 is 1.53 bits per heavy atom. The van der Waals surface area contributed by atoms with Crippen LogP contribution in [0.4, 0.5) is 10.1 Å². The van der Waals surface area contributed by atoms with Crippen molar-refractivity contribution in [3.05, 3.63) is 29.0 Å². The van der Waals surface area contributed by atoms with Gasteiger partial charge < -0.3 is 15.4 Å². The third kappa shape index (κ3) is 5.12. The molecule has 0 aliphatic carbocycles. The molecule has 2 N–H and O–H groups in total. The normalized spacial score (nSPS) is 10.3. The highest BCUT2D eigenvalue weighted by Gasteiger charge is 2.06. The van der Waals surface area contributed by atoms with Crippen molar-refractivity contribution in [3.63, 3.8) is 0 Å². The Labute approximate surface area is 104 Å². The molecule has 0 saturated heterocycles. The lowest BCUT2D eigenvalue weighted by Crippen LogP contribution is -2.30. The third-order valence-corrected chi connectivity index (χ3v) is 2.21. The van der Waals surface area contributed by atoms with Gasteiger partial charge in [-0.2, -0.15) is 0 Å². The molecule has 0 atom stereocenters. The highest BCUT2D eigenvalue weighted by atomic mass is 35.5. The van der Waals surface area contributed by atoms with Crippen LogP contribution >= 0.6 is 11.6 Å². The van der Waals surface area contributed by atoms with Crippen molar-refractivity contribution < 1.29 is 13.9 Å². The fraction of sp³-hybridized carbons (Fsp3) is 0.364. The van der Waals surface area contributed by atoms with Crippen molar-refractivity contribution in [3.8, 4) is 0 Å². The molecule has 1 amide bonds. The number of carbonyl (C=O) groups is 1. The van der Waals surface area contributed by atoms with E-state index in [4.69, 9.17) is 16.3 Å². The topological polar surface area (TPSA) is 50.4 Å². The van der Waals surface area contributed by atoms with Gasteiger partial charge in [0.25, 0.3) is 0 Å². The second-order valence-electron chi connectivity index (χ2n) is 3.34. The van der Waals surface area contributed by atoms with Crippen molar-refractivity contribution in [2.75, 3.05) is 32.1 Å². The van der Waals surface area contributed by atoms with Crippen LogP contribution in [0.15, 0.2) is 18.2 Å². The molecule has 0 aliphatic heterocycles. The Bertz CT molecular complexity index is 388. The van der Waals surface area contributed by atoms with Crippen LogP contribution < -0.4 is 10.6 Å². The predicted molar refractivity (Wildman–Crippen MR) is 64.8 cm³/mol. The molecule has 0 unspecified atom stereocenters. The van der Waals surface area contributed by atoms with Crippen LogP contribution in [0.3, 0.4) is 0 Å². The van der Waals surface area contributed by atoms with E-state index in [1.807, 2.05) is 0 Å². The van der Waals surface area contributed by atoms with Crippen LogP contribution in [0.25, 0.3) is 0 Å². The quantitative estimate of drug-likeness (QED) is 0.765. The lowest BCUT2D eigenvalue weighted by molar-refractivity contribution is -0.115. The van der Waals surface area contributed by atoms with E-state index in [0.29, 0.717) is 18.2 Å². The van der Waals surface area contributed by atoms with E-state index in [9.17, 15) is 9.18 Å². The van der Waals surface area contributed by atoms with Gasteiger partial charge in [0.15, 0.2) is 0 Å². The van der Waals surface area contributed by atoms with E-state index in [0.717, 1.165) is 6.07 Å². The fourth-order valence-corrected chi connectivity index (χ4v) is 1.32. The molecule has 0 spiro atoms. The molecule has 0 aliphatic rings. The van der Waals surface area contributed by atoms with Crippen molar-refractivity contribution in [2.24, 2.45) is 0 Å². The third-order valence-electron chi connectivity index (χ3n) is 1.97. The Morgan fingerprint density at radius 2 is 2.29 bits per heavy atom. The molecule has 1 aromatic carbocycles. The maximum atomic E-state index is 13.3. The first-order chi connectivity index (χ1) is 8.13. The van der Waals surface area contributed by atoms with Crippen LogP contribution in [-0.2, 0) is 9.53 Å². The molecule has 6 heteroatoms. The summed E-state index contributed by atoms with van der Waals surface area (Å²) in [7, 11) is 1.57. The fourth-order valence-electron chi connectivity index (χ4n) is 1.16. The van der Waals surface area contributed by atoms with Gasteiger partial charge in [0.1, 0.15) is 5.82 Å². The van der Waals surface area contributed by atoms with E-state index in [-0.39, 0.29) is 18.1 Å². The summed E-state index contributed by atoms with van der Waals surface area (Å²) in [5.41, 5.74) is 0.118. The molecule has 0 fully saturated rings. The standard InChI is InChI=1S/C11H14ClFN2O2/c1-17-5-4-14-7-11(16)15-10-3-2-8(12)6-9(10)13/h2-3,6,14H,4-5,7H2,1H3,(H,15,16). The van der Waals surface area contributed by atoms with Crippen molar-refractivity contribution in [1.29, 1.82) is 0 Å². The van der Waals surface area contributed by atoms with Crippen molar-refractivity contribution in [1.82, 2.24) is 5.32 Å². The van der Waals surface area contributed by atoms with Gasteiger partial charge in [-0.05, 0) is 18.2 Å². The zero-order valence-corrected chi connectivity index (χ0v) is 10.2. The van der Waals surface area contributed by atoms with Gasteiger partial charge in [-0.15, -0.1) is 0 Å². The summed E-state index contributed by atoms with van der Waals surface area (Å²) in [5.74, 6) is -0.870. The molecule has 0 heterocycles. The number of hydrogen-bond donors (Lipinski definition) is 2. The van der Waals surface area contributed by atoms with E-state index in [1.54, 1.807) is 7.11 Å². The minimum absolute atomic E-state index is 0.103. The monoisotopic (exact) mass is 260 g/mol. The molecule has 0 aromatic heterocycles. The van der Waals surface area contributed by atoms with Crippen LogP contribution in [0.2, 0.25) is 5.02 Å². The first-order valence-electron chi connectivity index (χ1n) is 5.08. The number of rotatable bonds is 6. The first-order valence-corrected chi connectivity index (χ1v) is 5.46. The lowest BCUT2D eigenvalue weighted by atomic mass is 10.3. The smallest absolute Gasteiger partial charge is 0.238 e. The molecule has 1 rings (SSSR count). The Morgan fingerprint density at radius 3 is 2.94 bits per heavy atom. The Hall–Kier alpha value is -1.17. The minimum atomic E-state index is -0.553. The summed E-state index contributed by atoms with van der Waals surface area (Å²) in [6, 6.07) is 4.08. The highest BCUT2D eigenvalue weighted by molar-refractivity contribution is 6.30. The van der Waals surface area contributed by atoms with Crippen LogP contribution in [0.1, 0.15) is 0 Å². The molecular formula is C11H14ClFN2O2. The largest absolute Gasteiger partial charge is 0.383 e. The number of halogens is 2. The number of benzene rings is 1. The van der Waals surface area contributed by atoms with Gasteiger partial charge in [0.05, 0.1) is 18.8 Å². The summed E-state index contributed by atoms with van der Waals surface area (Å²) in [6.07, 6.45) is 0. The van der Waals surface area contributed by atoms with Crippen LogP contribution in [0, 0.1) is 5.82 Å². The molecule has 17 heavy (non-hydrogen) atoms. The Kier molecular flexibility index (Phi) is 5.90. The maximum Gasteiger partial charge on any atom is 0.238 e. The van der Waals surface area contributed by atoms with Crippen LogP contribution in [-0.4, -0.2) is 32.7 Å². The second-order valence-corrected chi connectivity index (χ2v) is 3.78. The van der Waals surface area contributed by atoms with E-state index >= 15 is 0 Å². The number of ether oxygens (including phenoxy) is 1. The molecule has 94 valence electrons.